The summed E-state index contributed by atoms with van der Waals surface area (Å²) >= 11 is 1.65. The van der Waals surface area contributed by atoms with Gasteiger partial charge in [-0.1, -0.05) is 55.4 Å². The van der Waals surface area contributed by atoms with Crippen LogP contribution in [0.15, 0.2) is 77.1 Å². The topological polar surface area (TPSA) is 89.9 Å². The van der Waals surface area contributed by atoms with Gasteiger partial charge in [-0.2, -0.15) is 0 Å². The first-order chi connectivity index (χ1) is 17.8. The predicted octanol–water partition coefficient (Wildman–Crippen LogP) is 5.33. The lowest BCUT2D eigenvalue weighted by molar-refractivity contribution is 0.769. The lowest BCUT2D eigenvalue weighted by Gasteiger charge is -2.14. The van der Waals surface area contributed by atoms with E-state index in [2.05, 4.69) is 51.7 Å². The highest BCUT2D eigenvalue weighted by atomic mass is 32.1. The van der Waals surface area contributed by atoms with Crippen molar-refractivity contribution in [1.29, 1.82) is 5.41 Å². The van der Waals surface area contributed by atoms with E-state index >= 15 is 0 Å². The Bertz CT molecular complexity index is 1260. The van der Waals surface area contributed by atoms with Gasteiger partial charge in [0.2, 0.25) is 0 Å². The van der Waals surface area contributed by atoms with Gasteiger partial charge in [0.05, 0.1) is 6.54 Å². The average molecular weight is 513 g/mol. The maximum atomic E-state index is 7.99. The lowest BCUT2D eigenvalue weighted by Crippen LogP contribution is -2.23. The molecule has 0 aliphatic rings. The Balaban J connectivity index is 1.65. The van der Waals surface area contributed by atoms with Gasteiger partial charge in [-0.25, -0.2) is 4.99 Å². The quantitative estimate of drug-likeness (QED) is 0.111. The average Bonchev–Trinajstić information content (AvgIpc) is 3.24. The molecule has 0 amide bonds. The van der Waals surface area contributed by atoms with Crippen LogP contribution in [-0.2, 0) is 0 Å². The molecule has 1 aromatic heterocycles. The second-order valence-electron chi connectivity index (χ2n) is 8.42. The second-order valence-corrected chi connectivity index (χ2v) is 9.33. The third kappa shape index (κ3) is 10.7. The molecule has 1 heterocycles. The van der Waals surface area contributed by atoms with Crippen LogP contribution in [0.2, 0.25) is 0 Å². The number of nitrogens with one attached hydrogen (secondary N) is 2. The summed E-state index contributed by atoms with van der Waals surface area (Å²) in [6, 6.07) is 8.16. The van der Waals surface area contributed by atoms with Crippen molar-refractivity contribution in [3.05, 3.63) is 88.7 Å². The van der Waals surface area contributed by atoms with Gasteiger partial charge in [-0.05, 0) is 53.3 Å². The van der Waals surface area contributed by atoms with Crippen LogP contribution in [-0.4, -0.2) is 51.6 Å². The Morgan fingerprint density at radius 1 is 1.30 bits per heavy atom. The number of nitrogens with zero attached hydrogens (tertiary/aromatic N) is 3. The maximum Gasteiger partial charge on any atom is 0.112 e. The van der Waals surface area contributed by atoms with Crippen molar-refractivity contribution in [3.8, 4) is 11.8 Å². The Morgan fingerprint density at radius 2 is 2.11 bits per heavy atom. The Kier molecular flexibility index (Phi) is 12.6. The fourth-order valence-corrected chi connectivity index (χ4v) is 3.98. The normalized spacial score (nSPS) is 11.7. The highest BCUT2D eigenvalue weighted by molar-refractivity contribution is 7.11. The first-order valence-electron chi connectivity index (χ1n) is 11.9. The minimum atomic E-state index is 0.458. The number of amidine groups is 1. The zero-order valence-corrected chi connectivity index (χ0v) is 22.7. The number of aliphatic imine (C=N–C) groups is 2. The molecule has 0 bridgehead atoms. The van der Waals surface area contributed by atoms with E-state index in [1.165, 1.54) is 6.34 Å². The number of hydrogen-bond acceptors (Lipinski definition) is 5. The molecule has 0 saturated heterocycles. The molecule has 7 heteroatoms. The van der Waals surface area contributed by atoms with E-state index in [1.54, 1.807) is 23.5 Å². The van der Waals surface area contributed by atoms with E-state index in [0.29, 0.717) is 37.6 Å². The van der Waals surface area contributed by atoms with Crippen molar-refractivity contribution >= 4 is 46.6 Å². The van der Waals surface area contributed by atoms with Crippen LogP contribution in [0.25, 0.3) is 11.6 Å². The predicted molar refractivity (Wildman–Crippen MR) is 164 cm³/mol. The SMILES string of the molecule is C=Cc1scc(C)c1C#C/C=C\C=C/C(=N)CNCCN=CN=C(N)CC(=C)c1cccc(N(C)C)c1. The number of nitrogens with two attached hydrogens (primary N) is 1. The summed E-state index contributed by atoms with van der Waals surface area (Å²) in [5, 5.41) is 13.3. The van der Waals surface area contributed by atoms with Crippen molar-refractivity contribution in [3.63, 3.8) is 0 Å². The molecule has 2 rings (SSSR count). The van der Waals surface area contributed by atoms with Crippen molar-refractivity contribution in [2.45, 2.75) is 13.3 Å². The van der Waals surface area contributed by atoms with Gasteiger partial charge in [0, 0.05) is 55.4 Å². The van der Waals surface area contributed by atoms with Gasteiger partial charge in [-0.15, -0.1) is 11.3 Å². The maximum absolute atomic E-state index is 7.99. The van der Waals surface area contributed by atoms with Gasteiger partial charge in [-0.3, -0.25) is 4.99 Å². The zero-order chi connectivity index (χ0) is 27.0. The molecule has 0 saturated carbocycles. The molecule has 2 aromatic rings. The molecule has 0 fully saturated rings. The Labute approximate surface area is 225 Å². The number of anilines is 1. The minimum absolute atomic E-state index is 0.458. The summed E-state index contributed by atoms with van der Waals surface area (Å²) in [5.41, 5.74) is 11.8. The van der Waals surface area contributed by atoms with Crippen LogP contribution in [0, 0.1) is 24.2 Å². The van der Waals surface area contributed by atoms with Crippen LogP contribution in [0.4, 0.5) is 5.69 Å². The fraction of sp³-hybridized carbons (Fsp3) is 0.233. The van der Waals surface area contributed by atoms with Crippen molar-refractivity contribution in [2.24, 2.45) is 15.7 Å². The largest absolute Gasteiger partial charge is 0.387 e. The standard InChI is InChI=1S/C30H36N6S/c1-6-29-28(24(3)21-37-29)15-10-8-7-9-13-26(31)20-33-16-17-34-22-35-30(32)18-23(2)25-12-11-14-27(19-25)36(4)5/h6-9,11-14,19,21-22,31,33H,1-2,16-18,20H2,3-5H3,(H2,32,34,35)/b8-7-,13-9-,31-26?. The van der Waals surface area contributed by atoms with Crippen LogP contribution in [0.3, 0.4) is 0 Å². The fourth-order valence-electron chi connectivity index (χ4n) is 3.13. The van der Waals surface area contributed by atoms with Crippen LogP contribution in [0.5, 0.6) is 0 Å². The lowest BCUT2D eigenvalue weighted by atomic mass is 10.0. The monoisotopic (exact) mass is 512 g/mol. The second kappa shape index (κ2) is 15.9. The van der Waals surface area contributed by atoms with E-state index in [4.69, 9.17) is 11.1 Å². The molecule has 0 unspecified atom stereocenters. The van der Waals surface area contributed by atoms with E-state index < -0.39 is 0 Å². The highest BCUT2D eigenvalue weighted by Crippen LogP contribution is 2.22. The van der Waals surface area contributed by atoms with Crippen LogP contribution >= 0.6 is 11.3 Å². The number of hydrogen-bond donors (Lipinski definition) is 3. The first-order valence-corrected chi connectivity index (χ1v) is 12.8. The van der Waals surface area contributed by atoms with Gasteiger partial charge in [0.15, 0.2) is 0 Å². The summed E-state index contributed by atoms with van der Waals surface area (Å²) in [4.78, 5) is 11.6. The molecule has 0 aliphatic heterocycles. The summed E-state index contributed by atoms with van der Waals surface area (Å²) in [6.07, 6.45) is 11.0. The number of thiophene rings is 1. The molecule has 0 atom stereocenters. The molecule has 0 spiro atoms. The van der Waals surface area contributed by atoms with Crippen LogP contribution in [0.1, 0.15) is 28.0 Å². The molecule has 0 radical (unpaired) electrons. The smallest absolute Gasteiger partial charge is 0.112 e. The van der Waals surface area contributed by atoms with E-state index in [1.807, 2.05) is 62.3 Å². The molecule has 1 aromatic carbocycles. The molecular weight excluding hydrogens is 476 g/mol. The third-order valence-corrected chi connectivity index (χ3v) is 6.27. The molecular formula is C30H36N6S. The Hall–Kier alpha value is -3.99. The summed E-state index contributed by atoms with van der Waals surface area (Å²) < 4.78 is 0. The molecule has 37 heavy (non-hydrogen) atoms. The van der Waals surface area contributed by atoms with E-state index in [-0.39, 0.29) is 0 Å². The molecule has 4 N–H and O–H groups in total. The molecule has 192 valence electrons. The Morgan fingerprint density at radius 3 is 2.86 bits per heavy atom. The van der Waals surface area contributed by atoms with E-state index in [9.17, 15) is 0 Å². The molecule has 0 aliphatic carbocycles. The number of benzene rings is 1. The number of aryl methyl sites for hydroxylation is 1. The van der Waals surface area contributed by atoms with Crippen molar-refractivity contribution in [1.82, 2.24) is 5.32 Å². The molecule has 6 nitrogen and oxygen atoms in total. The van der Waals surface area contributed by atoms with E-state index in [0.717, 1.165) is 32.8 Å². The van der Waals surface area contributed by atoms with Gasteiger partial charge >= 0.3 is 0 Å². The van der Waals surface area contributed by atoms with Gasteiger partial charge < -0.3 is 21.4 Å². The number of rotatable bonds is 13. The van der Waals surface area contributed by atoms with Crippen molar-refractivity contribution in [2.75, 3.05) is 38.6 Å². The summed E-state index contributed by atoms with van der Waals surface area (Å²) in [7, 11) is 4.01. The van der Waals surface area contributed by atoms with Crippen molar-refractivity contribution < 1.29 is 0 Å². The first kappa shape index (κ1) is 29.2. The number of allylic oxidation sites excluding steroid dienone is 3. The summed E-state index contributed by atoms with van der Waals surface area (Å²) in [5.74, 6) is 6.65. The third-order valence-electron chi connectivity index (χ3n) is 5.18. The summed E-state index contributed by atoms with van der Waals surface area (Å²) in [6.45, 7) is 11.6. The van der Waals surface area contributed by atoms with Crippen LogP contribution < -0.4 is 16.0 Å². The minimum Gasteiger partial charge on any atom is -0.387 e. The highest BCUT2D eigenvalue weighted by Gasteiger charge is 2.04. The van der Waals surface area contributed by atoms with Gasteiger partial charge in [0.1, 0.15) is 12.2 Å². The van der Waals surface area contributed by atoms with Gasteiger partial charge in [0.25, 0.3) is 0 Å². The zero-order valence-electron chi connectivity index (χ0n) is 21.9.